The number of nitrogens with zero attached hydrogens (tertiary/aromatic N) is 3. The molecule has 0 aliphatic heterocycles. The maximum Gasteiger partial charge on any atom is 0.345 e. The molecule has 0 aromatic carbocycles. The third-order valence-corrected chi connectivity index (χ3v) is 1.74. The molecular formula is C8H9N3O2. The van der Waals surface area contributed by atoms with Crippen LogP contribution in [0.2, 0.25) is 0 Å². The van der Waals surface area contributed by atoms with Gasteiger partial charge in [0.1, 0.15) is 12.1 Å². The van der Waals surface area contributed by atoms with Crippen LogP contribution in [0.1, 0.15) is 0 Å². The maximum absolute atomic E-state index is 11.2. The Labute approximate surface area is 74.9 Å². The lowest BCUT2D eigenvalue weighted by molar-refractivity contribution is -0.503. The van der Waals surface area contributed by atoms with Crippen LogP contribution in [0.15, 0.2) is 23.0 Å². The van der Waals surface area contributed by atoms with E-state index in [1.807, 2.05) is 14.1 Å². The highest BCUT2D eigenvalue weighted by Gasteiger charge is 2.12. The van der Waals surface area contributed by atoms with Gasteiger partial charge in [-0.2, -0.15) is 4.40 Å². The quantitative estimate of drug-likeness (QED) is 0.556. The summed E-state index contributed by atoms with van der Waals surface area (Å²) < 4.78 is 6.68. The van der Waals surface area contributed by atoms with Crippen LogP contribution in [0.25, 0.3) is 5.52 Å². The molecule has 0 aliphatic rings. The molecule has 2 aromatic heterocycles. The lowest BCUT2D eigenvalue weighted by Crippen LogP contribution is -2.27. The predicted octanol–water partition coefficient (Wildman–Crippen LogP) is -0.447. The fourth-order valence-electron chi connectivity index (χ4n) is 1.17. The standard InChI is InChI=1S/C8H9N3O2/c1-10(2)8-11-4-3-9-5-6(11)7(12)13-8/h3-5H,1-2H3. The molecule has 0 fully saturated rings. The number of hydrogen-bond acceptors (Lipinski definition) is 4. The number of aromatic nitrogens is 2. The van der Waals surface area contributed by atoms with Crippen LogP contribution in [0.3, 0.4) is 0 Å². The minimum absolute atomic E-state index is 0.364. The van der Waals surface area contributed by atoms with Gasteiger partial charge in [0.05, 0.1) is 26.5 Å². The summed E-state index contributed by atoms with van der Waals surface area (Å²) in [6.07, 6.45) is 4.78. The first kappa shape index (κ1) is 7.85. The normalized spacial score (nSPS) is 10.6. The summed E-state index contributed by atoms with van der Waals surface area (Å²) in [4.78, 5) is 5.58. The van der Waals surface area contributed by atoms with Crippen LogP contribution in [0, 0.1) is 0 Å². The Bertz CT molecular complexity index is 436. The van der Waals surface area contributed by atoms with Crippen molar-refractivity contribution in [3.8, 4) is 5.95 Å². The Morgan fingerprint density at radius 3 is 3.00 bits per heavy atom. The number of rotatable bonds is 1. The highest BCUT2D eigenvalue weighted by atomic mass is 16.5. The molecule has 5 nitrogen and oxygen atoms in total. The molecule has 2 heterocycles. The highest BCUT2D eigenvalue weighted by molar-refractivity contribution is 5.46. The molecule has 0 N–H and O–H groups in total. The van der Waals surface area contributed by atoms with Crippen molar-refractivity contribution in [1.29, 1.82) is 0 Å². The van der Waals surface area contributed by atoms with Crippen molar-refractivity contribution in [1.82, 2.24) is 4.98 Å². The first-order valence-electron chi connectivity index (χ1n) is 3.82. The summed E-state index contributed by atoms with van der Waals surface area (Å²) in [5.41, 5.74) is 0.450. The molecule has 0 atom stereocenters. The fraction of sp³-hybridized carbons (Fsp3) is 0.250. The van der Waals surface area contributed by atoms with E-state index in [0.29, 0.717) is 11.5 Å². The molecule has 0 radical (unpaired) electrons. The Balaban J connectivity index is 2.78. The second kappa shape index (κ2) is 2.62. The van der Waals surface area contributed by atoms with Crippen LogP contribution in [0.5, 0.6) is 5.95 Å². The molecule has 2 rings (SSSR count). The SMILES string of the molecule is CN(C)c1oc([O-])c2cncc[n+]12. The summed E-state index contributed by atoms with van der Waals surface area (Å²) in [7, 11) is 3.62. The van der Waals surface area contributed by atoms with E-state index in [2.05, 4.69) is 4.98 Å². The van der Waals surface area contributed by atoms with E-state index < -0.39 is 0 Å². The number of hydrogen-bond donors (Lipinski definition) is 0. The molecule has 0 spiro atoms. The monoisotopic (exact) mass is 179 g/mol. The second-order valence-corrected chi connectivity index (χ2v) is 2.90. The lowest BCUT2D eigenvalue weighted by Gasteiger charge is -2.02. The zero-order chi connectivity index (χ0) is 9.42. The summed E-state index contributed by atoms with van der Waals surface area (Å²) in [6, 6.07) is 0.502. The van der Waals surface area contributed by atoms with Gasteiger partial charge in [-0.1, -0.05) is 0 Å². The van der Waals surface area contributed by atoms with Gasteiger partial charge in [0.25, 0.3) is 0 Å². The van der Waals surface area contributed by atoms with Crippen molar-refractivity contribution in [2.75, 3.05) is 19.0 Å². The third-order valence-electron chi connectivity index (χ3n) is 1.74. The summed E-state index contributed by atoms with van der Waals surface area (Å²) in [5, 5.41) is 11.2. The first-order valence-corrected chi connectivity index (χ1v) is 3.82. The molecule has 0 saturated carbocycles. The van der Waals surface area contributed by atoms with Gasteiger partial charge in [-0.05, 0) is 0 Å². The largest absolute Gasteiger partial charge is 0.541 e. The average Bonchev–Trinajstić information content (AvgIpc) is 2.45. The second-order valence-electron chi connectivity index (χ2n) is 2.90. The zero-order valence-electron chi connectivity index (χ0n) is 7.39. The summed E-state index contributed by atoms with van der Waals surface area (Å²) in [5.74, 6) is -0.364. The minimum Gasteiger partial charge on any atom is -0.541 e. The molecule has 0 aliphatic carbocycles. The van der Waals surface area contributed by atoms with Gasteiger partial charge in [0.15, 0.2) is 5.52 Å². The van der Waals surface area contributed by atoms with E-state index in [1.165, 1.54) is 6.20 Å². The van der Waals surface area contributed by atoms with E-state index in [1.54, 1.807) is 21.7 Å². The number of fused-ring (bicyclic) bond motifs is 1. The van der Waals surface area contributed by atoms with Gasteiger partial charge >= 0.3 is 6.01 Å². The third kappa shape index (κ3) is 1.09. The van der Waals surface area contributed by atoms with E-state index in [0.717, 1.165) is 0 Å². The summed E-state index contributed by atoms with van der Waals surface area (Å²) >= 11 is 0. The van der Waals surface area contributed by atoms with Crippen LogP contribution in [-0.2, 0) is 0 Å². The number of anilines is 1. The first-order chi connectivity index (χ1) is 6.20. The van der Waals surface area contributed by atoms with Gasteiger partial charge in [-0.3, -0.25) is 9.88 Å². The van der Waals surface area contributed by atoms with Crippen molar-refractivity contribution >= 4 is 11.5 Å². The van der Waals surface area contributed by atoms with Crippen molar-refractivity contribution in [3.63, 3.8) is 0 Å². The molecule has 68 valence electrons. The maximum atomic E-state index is 11.2. The Morgan fingerprint density at radius 1 is 1.54 bits per heavy atom. The Kier molecular flexibility index (Phi) is 1.58. The molecule has 13 heavy (non-hydrogen) atoms. The molecule has 0 bridgehead atoms. The number of oxazole rings is 1. The van der Waals surface area contributed by atoms with Gasteiger partial charge in [-0.25, -0.2) is 0 Å². The smallest absolute Gasteiger partial charge is 0.345 e. The van der Waals surface area contributed by atoms with Crippen molar-refractivity contribution in [3.05, 3.63) is 18.6 Å². The van der Waals surface area contributed by atoms with Crippen LogP contribution in [0.4, 0.5) is 6.01 Å². The molecule has 0 saturated heterocycles. The van der Waals surface area contributed by atoms with E-state index >= 15 is 0 Å². The molecule has 5 heteroatoms. The van der Waals surface area contributed by atoms with Crippen molar-refractivity contribution in [2.24, 2.45) is 0 Å². The zero-order valence-corrected chi connectivity index (χ0v) is 7.39. The average molecular weight is 179 g/mol. The van der Waals surface area contributed by atoms with Crippen LogP contribution < -0.4 is 14.4 Å². The van der Waals surface area contributed by atoms with Crippen LogP contribution in [-0.4, -0.2) is 19.1 Å². The van der Waals surface area contributed by atoms with Crippen molar-refractivity contribution < 1.29 is 13.9 Å². The highest BCUT2D eigenvalue weighted by Crippen LogP contribution is 2.17. The Morgan fingerprint density at radius 2 is 2.31 bits per heavy atom. The fourth-order valence-corrected chi connectivity index (χ4v) is 1.17. The molecule has 0 amide bonds. The van der Waals surface area contributed by atoms with Gasteiger partial charge in [-0.15, -0.1) is 0 Å². The van der Waals surface area contributed by atoms with Crippen LogP contribution >= 0.6 is 0 Å². The summed E-state index contributed by atoms with van der Waals surface area (Å²) in [6.45, 7) is 0. The topological polar surface area (TPSA) is 56.4 Å². The molecule has 2 aromatic rings. The minimum atomic E-state index is -0.364. The van der Waals surface area contributed by atoms with E-state index in [-0.39, 0.29) is 5.95 Å². The Hall–Kier alpha value is -1.78. The molecular weight excluding hydrogens is 170 g/mol. The van der Waals surface area contributed by atoms with Gasteiger partial charge in [0.2, 0.25) is 0 Å². The molecule has 0 unspecified atom stereocenters. The van der Waals surface area contributed by atoms with Gasteiger partial charge in [0, 0.05) is 0 Å². The van der Waals surface area contributed by atoms with E-state index in [9.17, 15) is 5.11 Å². The predicted molar refractivity (Wildman–Crippen MR) is 43.4 cm³/mol. The van der Waals surface area contributed by atoms with Gasteiger partial charge < -0.3 is 9.52 Å². The lowest BCUT2D eigenvalue weighted by atomic mass is 10.5. The van der Waals surface area contributed by atoms with E-state index in [4.69, 9.17) is 4.42 Å². The van der Waals surface area contributed by atoms with Crippen molar-refractivity contribution in [2.45, 2.75) is 0 Å².